The number of anilines is 1. The van der Waals surface area contributed by atoms with Gasteiger partial charge in [0.2, 0.25) is 5.91 Å². The van der Waals surface area contributed by atoms with E-state index in [9.17, 15) is 19.7 Å². The van der Waals surface area contributed by atoms with Gasteiger partial charge in [-0.05, 0) is 48.8 Å². The summed E-state index contributed by atoms with van der Waals surface area (Å²) in [5.74, 6) is -0.271. The van der Waals surface area contributed by atoms with Crippen molar-refractivity contribution in [3.8, 4) is 0 Å². The molecule has 7 nitrogen and oxygen atoms in total. The third-order valence-electron chi connectivity index (χ3n) is 4.90. The van der Waals surface area contributed by atoms with Crippen molar-refractivity contribution in [3.63, 3.8) is 0 Å². The van der Waals surface area contributed by atoms with E-state index < -0.39 is 16.8 Å². The highest BCUT2D eigenvalue weighted by molar-refractivity contribution is 7.17. The standard InChI is InChI=1S/C22H24N2O5S/c1-3-11-29-22(26)20-17-9-7-14(2)12-18(17)30-21(20)23-19(25)10-8-15-5-4-6-16(13-15)24(27)28/h4-6,8,10,13-14H,3,7,9,11-12H2,1-2H3,(H,23,25)/b10-8+. The molecule has 1 aliphatic carbocycles. The van der Waals surface area contributed by atoms with E-state index in [2.05, 4.69) is 12.2 Å². The lowest BCUT2D eigenvalue weighted by Crippen LogP contribution is -2.16. The van der Waals surface area contributed by atoms with Crippen LogP contribution < -0.4 is 5.32 Å². The van der Waals surface area contributed by atoms with Gasteiger partial charge in [0.15, 0.2) is 0 Å². The van der Waals surface area contributed by atoms with Gasteiger partial charge >= 0.3 is 5.97 Å². The molecule has 1 aliphatic rings. The van der Waals surface area contributed by atoms with Crippen LogP contribution in [0.5, 0.6) is 0 Å². The molecule has 3 rings (SSSR count). The number of esters is 1. The molecule has 1 aromatic heterocycles. The second kappa shape index (κ2) is 9.67. The topological polar surface area (TPSA) is 98.5 Å². The largest absolute Gasteiger partial charge is 0.462 e. The lowest BCUT2D eigenvalue weighted by Gasteiger charge is -2.18. The monoisotopic (exact) mass is 428 g/mol. The first-order valence-corrected chi connectivity index (χ1v) is 10.8. The molecule has 1 aromatic carbocycles. The van der Waals surface area contributed by atoms with Crippen LogP contribution in [0, 0.1) is 16.0 Å². The highest BCUT2D eigenvalue weighted by Crippen LogP contribution is 2.40. The smallest absolute Gasteiger partial charge is 0.341 e. The zero-order valence-corrected chi connectivity index (χ0v) is 17.8. The second-order valence-corrected chi connectivity index (χ2v) is 8.47. The zero-order valence-electron chi connectivity index (χ0n) is 17.0. The number of nitro benzene ring substituents is 1. The van der Waals surface area contributed by atoms with E-state index in [1.807, 2.05) is 6.92 Å². The molecule has 1 N–H and O–H groups in total. The molecule has 0 bridgehead atoms. The average molecular weight is 429 g/mol. The van der Waals surface area contributed by atoms with E-state index in [-0.39, 0.29) is 5.69 Å². The van der Waals surface area contributed by atoms with Crippen molar-refractivity contribution >= 4 is 40.0 Å². The van der Waals surface area contributed by atoms with Gasteiger partial charge in [0, 0.05) is 23.1 Å². The first-order chi connectivity index (χ1) is 14.4. The van der Waals surface area contributed by atoms with Crippen molar-refractivity contribution in [2.45, 2.75) is 39.5 Å². The number of non-ortho nitro benzene ring substituents is 1. The van der Waals surface area contributed by atoms with Crippen LogP contribution in [-0.4, -0.2) is 23.4 Å². The van der Waals surface area contributed by atoms with Crippen molar-refractivity contribution in [2.24, 2.45) is 5.92 Å². The Balaban J connectivity index is 1.81. The van der Waals surface area contributed by atoms with E-state index in [0.29, 0.717) is 28.7 Å². The first kappa shape index (κ1) is 21.7. The van der Waals surface area contributed by atoms with Gasteiger partial charge < -0.3 is 10.1 Å². The van der Waals surface area contributed by atoms with Crippen molar-refractivity contribution in [1.82, 2.24) is 0 Å². The molecule has 1 atom stereocenters. The number of carbonyl (C=O) groups excluding carboxylic acids is 2. The van der Waals surface area contributed by atoms with Gasteiger partial charge in [0.1, 0.15) is 5.00 Å². The van der Waals surface area contributed by atoms with Gasteiger partial charge in [-0.2, -0.15) is 0 Å². The molecule has 1 heterocycles. The number of hydrogen-bond acceptors (Lipinski definition) is 6. The predicted octanol–water partition coefficient (Wildman–Crippen LogP) is 5.00. The summed E-state index contributed by atoms with van der Waals surface area (Å²) in [6, 6.07) is 6.02. The van der Waals surface area contributed by atoms with Gasteiger partial charge in [-0.1, -0.05) is 26.0 Å². The molecule has 0 fully saturated rings. The Morgan fingerprint density at radius 3 is 2.93 bits per heavy atom. The number of rotatable bonds is 7. The van der Waals surface area contributed by atoms with Gasteiger partial charge in [0.25, 0.3) is 5.69 Å². The van der Waals surface area contributed by atoms with Crippen molar-refractivity contribution in [3.05, 3.63) is 62.0 Å². The third kappa shape index (κ3) is 5.13. The zero-order chi connectivity index (χ0) is 21.7. The molecule has 0 saturated heterocycles. The Morgan fingerprint density at radius 2 is 2.20 bits per heavy atom. The number of benzene rings is 1. The summed E-state index contributed by atoms with van der Waals surface area (Å²) in [5, 5.41) is 14.2. The van der Waals surface area contributed by atoms with E-state index in [1.54, 1.807) is 12.1 Å². The van der Waals surface area contributed by atoms with E-state index in [1.165, 1.54) is 35.6 Å². The number of carbonyl (C=O) groups is 2. The molecule has 1 amide bonds. The molecule has 0 radical (unpaired) electrons. The normalized spacial score (nSPS) is 15.6. The predicted molar refractivity (Wildman–Crippen MR) is 117 cm³/mol. The minimum Gasteiger partial charge on any atom is -0.462 e. The van der Waals surface area contributed by atoms with Crippen molar-refractivity contribution in [2.75, 3.05) is 11.9 Å². The molecule has 8 heteroatoms. The number of nitrogens with one attached hydrogen (secondary N) is 1. The van der Waals surface area contributed by atoms with Gasteiger partial charge in [-0.3, -0.25) is 14.9 Å². The summed E-state index contributed by atoms with van der Waals surface area (Å²) >= 11 is 1.43. The van der Waals surface area contributed by atoms with E-state index >= 15 is 0 Å². The summed E-state index contributed by atoms with van der Waals surface area (Å²) in [6.45, 7) is 4.44. The lowest BCUT2D eigenvalue weighted by molar-refractivity contribution is -0.384. The van der Waals surface area contributed by atoms with E-state index in [4.69, 9.17) is 4.74 Å². The summed E-state index contributed by atoms with van der Waals surface area (Å²) in [7, 11) is 0. The van der Waals surface area contributed by atoms with Crippen LogP contribution in [0.4, 0.5) is 10.7 Å². The SMILES string of the molecule is CCCOC(=O)c1c(NC(=O)/C=C/c2cccc([N+](=O)[O-])c2)sc2c1CCC(C)C2. The van der Waals surface area contributed by atoms with Crippen LogP contribution in [0.1, 0.15) is 53.1 Å². The number of amides is 1. The molecule has 0 spiro atoms. The number of fused-ring (bicyclic) bond motifs is 1. The van der Waals surface area contributed by atoms with Crippen LogP contribution in [0.2, 0.25) is 0 Å². The van der Waals surface area contributed by atoms with Crippen LogP contribution in [0.3, 0.4) is 0 Å². The maximum atomic E-state index is 12.7. The number of nitrogens with zero attached hydrogens (tertiary/aromatic N) is 1. The summed E-state index contributed by atoms with van der Waals surface area (Å²) in [6.07, 6.45) is 6.21. The first-order valence-electron chi connectivity index (χ1n) is 9.94. The van der Waals surface area contributed by atoms with Crippen LogP contribution in [0.15, 0.2) is 30.3 Å². The maximum absolute atomic E-state index is 12.7. The fourth-order valence-electron chi connectivity index (χ4n) is 3.39. The van der Waals surface area contributed by atoms with Crippen molar-refractivity contribution < 1.29 is 19.2 Å². The van der Waals surface area contributed by atoms with Gasteiger partial charge in [-0.15, -0.1) is 11.3 Å². The lowest BCUT2D eigenvalue weighted by atomic mass is 9.88. The van der Waals surface area contributed by atoms with Crippen LogP contribution >= 0.6 is 11.3 Å². The Kier molecular flexibility index (Phi) is 6.99. The molecule has 0 aliphatic heterocycles. The van der Waals surface area contributed by atoms with Gasteiger partial charge in [-0.25, -0.2) is 4.79 Å². The molecule has 158 valence electrons. The molecular formula is C22H24N2O5S. The van der Waals surface area contributed by atoms with Crippen LogP contribution in [0.25, 0.3) is 6.08 Å². The quantitative estimate of drug-likeness (QED) is 0.290. The number of hydrogen-bond donors (Lipinski definition) is 1. The number of nitro groups is 1. The molecule has 30 heavy (non-hydrogen) atoms. The summed E-state index contributed by atoms with van der Waals surface area (Å²) < 4.78 is 5.35. The minimum atomic E-state index is -0.483. The summed E-state index contributed by atoms with van der Waals surface area (Å²) in [5.41, 5.74) is 1.95. The van der Waals surface area contributed by atoms with E-state index in [0.717, 1.165) is 36.1 Å². The van der Waals surface area contributed by atoms with Gasteiger partial charge in [0.05, 0.1) is 17.1 Å². The Hall–Kier alpha value is -3.00. The van der Waals surface area contributed by atoms with Crippen molar-refractivity contribution in [1.29, 1.82) is 0 Å². The molecular weight excluding hydrogens is 404 g/mol. The molecule has 2 aromatic rings. The fraction of sp³-hybridized carbons (Fsp3) is 0.364. The minimum absolute atomic E-state index is 0.0430. The second-order valence-electron chi connectivity index (χ2n) is 7.37. The fourth-order valence-corrected chi connectivity index (χ4v) is 4.79. The highest BCUT2D eigenvalue weighted by atomic mass is 32.1. The Bertz CT molecular complexity index is 995. The molecule has 0 saturated carbocycles. The number of ether oxygens (including phenoxy) is 1. The number of thiophene rings is 1. The molecule has 1 unspecified atom stereocenters. The maximum Gasteiger partial charge on any atom is 0.341 e. The van der Waals surface area contributed by atoms with Crippen LogP contribution in [-0.2, 0) is 22.4 Å². The summed E-state index contributed by atoms with van der Waals surface area (Å²) in [4.78, 5) is 36.7. The Labute approximate surface area is 178 Å². The average Bonchev–Trinajstić information content (AvgIpc) is 3.07. The Morgan fingerprint density at radius 1 is 1.40 bits per heavy atom. The highest BCUT2D eigenvalue weighted by Gasteiger charge is 2.29. The third-order valence-corrected chi connectivity index (χ3v) is 6.07.